The van der Waals surface area contributed by atoms with Crippen molar-refractivity contribution in [3.63, 3.8) is 0 Å². The van der Waals surface area contributed by atoms with Crippen LogP contribution in [0.25, 0.3) is 11.0 Å². The van der Waals surface area contributed by atoms with Crippen molar-refractivity contribution in [3.8, 4) is 0 Å². The molecule has 1 unspecified atom stereocenters. The SMILES string of the molecule is OC(Cc1cc(F)ccc1Cl)c1cccc2nccnc12. The molecule has 106 valence electrons. The van der Waals surface area contributed by atoms with Gasteiger partial charge in [-0.25, -0.2) is 4.39 Å². The van der Waals surface area contributed by atoms with E-state index in [0.29, 0.717) is 27.2 Å². The second-order valence-corrected chi connectivity index (χ2v) is 5.13. The van der Waals surface area contributed by atoms with Crippen LogP contribution in [0.3, 0.4) is 0 Å². The molecule has 0 amide bonds. The summed E-state index contributed by atoms with van der Waals surface area (Å²) < 4.78 is 13.3. The van der Waals surface area contributed by atoms with Gasteiger partial charge in [-0.3, -0.25) is 9.97 Å². The van der Waals surface area contributed by atoms with Gasteiger partial charge in [-0.05, 0) is 29.8 Å². The first-order valence-electron chi connectivity index (χ1n) is 6.47. The zero-order chi connectivity index (χ0) is 14.8. The second kappa shape index (κ2) is 5.76. The maximum atomic E-state index is 13.3. The minimum atomic E-state index is -0.829. The highest BCUT2D eigenvalue weighted by atomic mass is 35.5. The van der Waals surface area contributed by atoms with Crippen LogP contribution in [0, 0.1) is 5.82 Å². The Labute approximate surface area is 126 Å². The molecule has 0 saturated carbocycles. The Balaban J connectivity index is 1.97. The van der Waals surface area contributed by atoms with Crippen LogP contribution in [0.5, 0.6) is 0 Å². The van der Waals surface area contributed by atoms with Crippen LogP contribution in [0.1, 0.15) is 17.2 Å². The van der Waals surface area contributed by atoms with Crippen LogP contribution < -0.4 is 0 Å². The lowest BCUT2D eigenvalue weighted by atomic mass is 10.00. The van der Waals surface area contributed by atoms with Crippen molar-refractivity contribution in [1.29, 1.82) is 0 Å². The zero-order valence-electron chi connectivity index (χ0n) is 11.0. The van der Waals surface area contributed by atoms with E-state index in [1.165, 1.54) is 18.2 Å². The molecule has 0 aliphatic rings. The predicted molar refractivity (Wildman–Crippen MR) is 79.6 cm³/mol. The van der Waals surface area contributed by atoms with Crippen molar-refractivity contribution < 1.29 is 9.50 Å². The third kappa shape index (κ3) is 2.86. The highest BCUT2D eigenvalue weighted by Crippen LogP contribution is 2.27. The molecule has 1 N–H and O–H groups in total. The number of nitrogens with zero attached hydrogens (tertiary/aromatic N) is 2. The lowest BCUT2D eigenvalue weighted by Crippen LogP contribution is -2.04. The molecule has 5 heteroatoms. The topological polar surface area (TPSA) is 46.0 Å². The molecular weight excluding hydrogens is 291 g/mol. The molecule has 0 bridgehead atoms. The van der Waals surface area contributed by atoms with E-state index in [4.69, 9.17) is 11.6 Å². The highest BCUT2D eigenvalue weighted by molar-refractivity contribution is 6.31. The second-order valence-electron chi connectivity index (χ2n) is 4.73. The first-order chi connectivity index (χ1) is 10.1. The lowest BCUT2D eigenvalue weighted by Gasteiger charge is -2.14. The molecule has 0 aliphatic carbocycles. The van der Waals surface area contributed by atoms with Gasteiger partial charge < -0.3 is 5.11 Å². The third-order valence-corrected chi connectivity index (χ3v) is 3.68. The fourth-order valence-electron chi connectivity index (χ4n) is 2.30. The zero-order valence-corrected chi connectivity index (χ0v) is 11.8. The number of halogens is 2. The van der Waals surface area contributed by atoms with Crippen molar-refractivity contribution in [1.82, 2.24) is 9.97 Å². The number of hydrogen-bond donors (Lipinski definition) is 1. The molecule has 0 saturated heterocycles. The van der Waals surface area contributed by atoms with Crippen LogP contribution in [0.2, 0.25) is 5.02 Å². The molecule has 2 aromatic carbocycles. The van der Waals surface area contributed by atoms with E-state index in [9.17, 15) is 9.50 Å². The molecule has 1 aromatic heterocycles. The molecule has 0 spiro atoms. The largest absolute Gasteiger partial charge is 0.388 e. The van der Waals surface area contributed by atoms with E-state index in [0.717, 1.165) is 0 Å². The van der Waals surface area contributed by atoms with E-state index >= 15 is 0 Å². The van der Waals surface area contributed by atoms with Crippen LogP contribution in [0.4, 0.5) is 4.39 Å². The van der Waals surface area contributed by atoms with E-state index in [2.05, 4.69) is 9.97 Å². The minimum absolute atomic E-state index is 0.215. The maximum Gasteiger partial charge on any atom is 0.123 e. The summed E-state index contributed by atoms with van der Waals surface area (Å²) in [5, 5.41) is 10.9. The summed E-state index contributed by atoms with van der Waals surface area (Å²) >= 11 is 6.04. The fraction of sp³-hybridized carbons (Fsp3) is 0.125. The quantitative estimate of drug-likeness (QED) is 0.802. The molecule has 0 fully saturated rings. The molecule has 3 rings (SSSR count). The van der Waals surface area contributed by atoms with Gasteiger partial charge in [-0.15, -0.1) is 0 Å². The number of aromatic nitrogens is 2. The molecule has 1 heterocycles. The van der Waals surface area contributed by atoms with Crippen molar-refractivity contribution in [3.05, 3.63) is 70.8 Å². The summed E-state index contributed by atoms with van der Waals surface area (Å²) in [4.78, 5) is 8.46. The Kier molecular flexibility index (Phi) is 3.82. The Morgan fingerprint density at radius 2 is 1.95 bits per heavy atom. The molecule has 21 heavy (non-hydrogen) atoms. The summed E-state index contributed by atoms with van der Waals surface area (Å²) in [6.45, 7) is 0. The Bertz CT molecular complexity index is 789. The number of aliphatic hydroxyl groups excluding tert-OH is 1. The first kappa shape index (κ1) is 13.9. The van der Waals surface area contributed by atoms with Gasteiger partial charge in [0.1, 0.15) is 5.82 Å². The van der Waals surface area contributed by atoms with Gasteiger partial charge in [0.05, 0.1) is 17.1 Å². The van der Waals surface area contributed by atoms with Crippen LogP contribution in [-0.2, 0) is 6.42 Å². The number of aliphatic hydroxyl groups is 1. The Hall–Kier alpha value is -2.04. The standard InChI is InChI=1S/C16H12ClFN2O/c17-13-5-4-11(18)8-10(13)9-15(21)12-2-1-3-14-16(12)20-7-6-19-14/h1-8,15,21H,9H2. The monoisotopic (exact) mass is 302 g/mol. The van der Waals surface area contributed by atoms with Crippen molar-refractivity contribution in [2.24, 2.45) is 0 Å². The van der Waals surface area contributed by atoms with Gasteiger partial charge in [0.2, 0.25) is 0 Å². The predicted octanol–water partition coefficient (Wildman–Crippen LogP) is 3.70. The molecular formula is C16H12ClFN2O. The first-order valence-corrected chi connectivity index (χ1v) is 6.84. The number of para-hydroxylation sites is 1. The molecule has 0 radical (unpaired) electrons. The highest BCUT2D eigenvalue weighted by Gasteiger charge is 2.15. The summed E-state index contributed by atoms with van der Waals surface area (Å²) in [5.74, 6) is -0.376. The third-order valence-electron chi connectivity index (χ3n) is 3.31. The van der Waals surface area contributed by atoms with E-state index in [1.54, 1.807) is 18.5 Å². The molecule has 0 aliphatic heterocycles. The van der Waals surface area contributed by atoms with Crippen LogP contribution in [0.15, 0.2) is 48.8 Å². The van der Waals surface area contributed by atoms with Gasteiger partial charge in [0.15, 0.2) is 0 Å². The van der Waals surface area contributed by atoms with Crippen molar-refractivity contribution in [2.75, 3.05) is 0 Å². The van der Waals surface area contributed by atoms with E-state index < -0.39 is 6.10 Å². The van der Waals surface area contributed by atoms with Crippen LogP contribution in [-0.4, -0.2) is 15.1 Å². The van der Waals surface area contributed by atoms with Gasteiger partial charge >= 0.3 is 0 Å². The molecule has 1 atom stereocenters. The summed E-state index contributed by atoms with van der Waals surface area (Å²) in [7, 11) is 0. The minimum Gasteiger partial charge on any atom is -0.388 e. The number of fused-ring (bicyclic) bond motifs is 1. The van der Waals surface area contributed by atoms with Crippen LogP contribution >= 0.6 is 11.6 Å². The Morgan fingerprint density at radius 3 is 2.81 bits per heavy atom. The van der Waals surface area contributed by atoms with E-state index in [1.807, 2.05) is 12.1 Å². The average Bonchev–Trinajstić information content (AvgIpc) is 2.50. The van der Waals surface area contributed by atoms with Gasteiger partial charge in [-0.1, -0.05) is 23.7 Å². The molecule has 3 nitrogen and oxygen atoms in total. The summed E-state index contributed by atoms with van der Waals surface area (Å²) in [6, 6.07) is 9.54. The Morgan fingerprint density at radius 1 is 1.14 bits per heavy atom. The molecule has 3 aromatic rings. The van der Waals surface area contributed by atoms with Gasteiger partial charge in [-0.2, -0.15) is 0 Å². The smallest absolute Gasteiger partial charge is 0.123 e. The number of benzene rings is 2. The fourth-order valence-corrected chi connectivity index (χ4v) is 2.50. The maximum absolute atomic E-state index is 13.3. The van der Waals surface area contributed by atoms with E-state index in [-0.39, 0.29) is 12.2 Å². The average molecular weight is 303 g/mol. The van der Waals surface area contributed by atoms with Gasteiger partial charge in [0, 0.05) is 29.4 Å². The summed E-state index contributed by atoms with van der Waals surface area (Å²) in [6.07, 6.45) is 2.56. The normalized spacial score (nSPS) is 12.5. The number of rotatable bonds is 3. The van der Waals surface area contributed by atoms with Crippen molar-refractivity contribution in [2.45, 2.75) is 12.5 Å². The van der Waals surface area contributed by atoms with Crippen molar-refractivity contribution >= 4 is 22.6 Å². The van der Waals surface area contributed by atoms with Gasteiger partial charge in [0.25, 0.3) is 0 Å². The number of hydrogen-bond acceptors (Lipinski definition) is 3. The summed E-state index contributed by atoms with van der Waals surface area (Å²) in [5.41, 5.74) is 2.56. The lowest BCUT2D eigenvalue weighted by molar-refractivity contribution is 0.179.